The smallest absolute Gasteiger partial charge is 0.000185 e. The molecule has 9 aromatic rings. The molecule has 0 aliphatic heterocycles. The molecule has 0 unspecified atom stereocenters. The van der Waals surface area contributed by atoms with Crippen LogP contribution in [0.2, 0.25) is 0 Å². The Hall–Kier alpha value is -7.06. The van der Waals surface area contributed by atoms with Crippen molar-refractivity contribution in [3.05, 3.63) is 286 Å². The van der Waals surface area contributed by atoms with Crippen molar-refractivity contribution in [1.29, 1.82) is 0 Å². The summed E-state index contributed by atoms with van der Waals surface area (Å²) in [7, 11) is 0. The summed E-state index contributed by atoms with van der Waals surface area (Å²) in [6, 6.07) is 82.9. The summed E-state index contributed by atoms with van der Waals surface area (Å²) in [5, 5.41) is 4.56. The van der Waals surface area contributed by atoms with E-state index >= 15 is 0 Å². The van der Waals surface area contributed by atoms with Gasteiger partial charge in [-0.25, -0.2) is 0 Å². The van der Waals surface area contributed by atoms with Gasteiger partial charge in [0.1, 0.15) is 0 Å². The Morgan fingerprint density at radius 2 is 0.404 bits per heavy atom. The van der Waals surface area contributed by atoms with Crippen LogP contribution < -0.4 is 0 Å². The van der Waals surface area contributed by atoms with E-state index in [0.29, 0.717) is 0 Å². The molecule has 1 aromatic heterocycles. The third-order valence-corrected chi connectivity index (χ3v) is 11.2. The Morgan fingerprint density at radius 3 is 0.614 bits per heavy atom. The molecule has 0 saturated carbocycles. The average molecular weight is 745 g/mol. The maximum atomic E-state index is 2.29. The Kier molecular flexibility index (Phi) is 10.5. The van der Waals surface area contributed by atoms with Gasteiger partial charge < -0.3 is 0 Å². The van der Waals surface area contributed by atoms with Crippen LogP contribution in [0.15, 0.2) is 241 Å². The lowest BCUT2D eigenvalue weighted by atomic mass is 9.85. The van der Waals surface area contributed by atoms with Gasteiger partial charge in [0.25, 0.3) is 0 Å². The van der Waals surface area contributed by atoms with E-state index in [9.17, 15) is 0 Å². The first-order chi connectivity index (χ1) is 28.3. The third-order valence-electron chi connectivity index (χ3n) is 10.5. The van der Waals surface area contributed by atoms with Crippen LogP contribution in [0.3, 0.4) is 0 Å². The van der Waals surface area contributed by atoms with Gasteiger partial charge in [-0.1, -0.05) is 231 Å². The summed E-state index contributed by atoms with van der Waals surface area (Å²) in [5.74, 6) is 0. The van der Waals surface area contributed by atoms with Crippen molar-refractivity contribution >= 4 is 33.6 Å². The van der Waals surface area contributed by atoms with Crippen LogP contribution in [0.5, 0.6) is 0 Å². The van der Waals surface area contributed by atoms with Crippen LogP contribution in [-0.2, 0) is 0 Å². The molecule has 0 saturated heterocycles. The van der Waals surface area contributed by atoms with Gasteiger partial charge in [0.15, 0.2) is 0 Å². The second-order valence-corrected chi connectivity index (χ2v) is 14.8. The Morgan fingerprint density at radius 1 is 0.211 bits per heavy atom. The van der Waals surface area contributed by atoms with Crippen LogP contribution in [0, 0.1) is 0 Å². The lowest BCUT2D eigenvalue weighted by Gasteiger charge is -2.19. The summed E-state index contributed by atoms with van der Waals surface area (Å²) in [5.41, 5.74) is 19.3. The summed E-state index contributed by atoms with van der Waals surface area (Å²) in [6.07, 6.45) is 0. The molecule has 0 spiro atoms. The van der Waals surface area contributed by atoms with E-state index in [1.165, 1.54) is 89.1 Å². The molecule has 9 rings (SSSR count). The highest BCUT2D eigenvalue weighted by Crippen LogP contribution is 2.41. The normalized spacial score (nSPS) is 10.8. The molecule has 1 heterocycles. The van der Waals surface area contributed by atoms with Crippen LogP contribution in [0.1, 0.15) is 44.5 Å². The van der Waals surface area contributed by atoms with E-state index in [4.69, 9.17) is 0 Å². The Labute approximate surface area is 340 Å². The summed E-state index contributed by atoms with van der Waals surface area (Å²) >= 11 is 1.75. The minimum Gasteiger partial charge on any atom is -0.151 e. The largest absolute Gasteiger partial charge is 0.151 e. The fraction of sp³-hybridized carbons (Fsp3) is 0. The molecular formula is C56H40S. The highest BCUT2D eigenvalue weighted by Gasteiger charge is 2.19. The van der Waals surface area contributed by atoms with E-state index < -0.39 is 0 Å². The predicted molar refractivity (Wildman–Crippen MR) is 244 cm³/mol. The van der Waals surface area contributed by atoms with Gasteiger partial charge >= 0.3 is 0 Å². The molecule has 270 valence electrons. The van der Waals surface area contributed by atoms with Gasteiger partial charge in [-0.3, -0.25) is 0 Å². The van der Waals surface area contributed by atoms with Crippen molar-refractivity contribution in [3.63, 3.8) is 0 Å². The van der Waals surface area contributed by atoms with E-state index in [1.54, 1.807) is 11.3 Å². The topological polar surface area (TPSA) is 0 Å². The van der Waals surface area contributed by atoms with Gasteiger partial charge in [0.2, 0.25) is 0 Å². The summed E-state index contributed by atoms with van der Waals surface area (Å²) in [4.78, 5) is 0. The first-order valence-electron chi connectivity index (χ1n) is 19.4. The lowest BCUT2D eigenvalue weighted by molar-refractivity contribution is 1.50. The van der Waals surface area contributed by atoms with Gasteiger partial charge in [-0.2, -0.15) is 11.3 Å². The number of hydrogen-bond donors (Lipinski definition) is 0. The number of hydrogen-bond acceptors (Lipinski definition) is 1. The van der Waals surface area contributed by atoms with Gasteiger partial charge in [0.05, 0.1) is 0 Å². The maximum Gasteiger partial charge on any atom is 0.000185 e. The molecule has 0 N–H and O–H groups in total. The van der Waals surface area contributed by atoms with Crippen molar-refractivity contribution in [2.45, 2.75) is 0 Å². The standard InChI is InChI=1S/C56H40S/c1-7-19-43(20-8-1)53(44-21-9-2-10-22-44)55(47-27-15-5-16-28-47)49-35-31-41(32-36-49)51-39-57-40-52(51)42-33-37-50(38-34-42)56(48-29-17-6-18-30-48)54(45-23-11-3-12-24-45)46-25-13-4-14-26-46/h1-40H. The van der Waals surface area contributed by atoms with Crippen molar-refractivity contribution in [2.24, 2.45) is 0 Å². The van der Waals surface area contributed by atoms with E-state index in [1.807, 2.05) is 0 Å². The number of rotatable bonds is 10. The lowest BCUT2D eigenvalue weighted by Crippen LogP contribution is -1.97. The first kappa shape index (κ1) is 35.6. The second kappa shape index (κ2) is 16.8. The number of thiophene rings is 1. The van der Waals surface area contributed by atoms with Crippen molar-refractivity contribution < 1.29 is 0 Å². The highest BCUT2D eigenvalue weighted by atomic mass is 32.1. The van der Waals surface area contributed by atoms with Crippen LogP contribution in [-0.4, -0.2) is 0 Å². The molecule has 0 radical (unpaired) electrons. The minimum atomic E-state index is 1.18. The SMILES string of the molecule is c1ccc(C(=C(c2ccccc2)c2ccc(-c3cscc3-c3ccc(C(=C(c4ccccc4)c4ccccc4)c4ccccc4)cc3)cc2)c2ccccc2)cc1. The zero-order valence-electron chi connectivity index (χ0n) is 31.5. The summed E-state index contributed by atoms with van der Waals surface area (Å²) < 4.78 is 0. The molecule has 0 fully saturated rings. The number of benzene rings is 8. The molecule has 0 nitrogen and oxygen atoms in total. The second-order valence-electron chi connectivity index (χ2n) is 14.0. The van der Waals surface area contributed by atoms with Crippen molar-refractivity contribution in [2.75, 3.05) is 0 Å². The van der Waals surface area contributed by atoms with Gasteiger partial charge in [-0.15, -0.1) is 0 Å². The molecule has 0 aliphatic carbocycles. The fourth-order valence-corrected chi connectivity index (χ4v) is 8.69. The van der Waals surface area contributed by atoms with E-state index in [-0.39, 0.29) is 0 Å². The predicted octanol–water partition coefficient (Wildman–Crippen LogP) is 15.1. The molecular weight excluding hydrogens is 705 g/mol. The molecule has 0 aliphatic rings. The quantitative estimate of drug-likeness (QED) is 0.122. The molecule has 57 heavy (non-hydrogen) atoms. The zero-order chi connectivity index (χ0) is 38.2. The van der Waals surface area contributed by atoms with E-state index in [2.05, 4.69) is 241 Å². The van der Waals surface area contributed by atoms with Crippen LogP contribution >= 0.6 is 11.3 Å². The van der Waals surface area contributed by atoms with E-state index in [0.717, 1.165) is 0 Å². The minimum absolute atomic E-state index is 1.18. The molecule has 1 heteroatoms. The maximum absolute atomic E-state index is 2.29. The molecule has 8 aromatic carbocycles. The highest BCUT2D eigenvalue weighted by molar-refractivity contribution is 7.08. The molecule has 0 amide bonds. The Bertz CT molecular complexity index is 2470. The van der Waals surface area contributed by atoms with Crippen LogP contribution in [0.4, 0.5) is 0 Å². The summed E-state index contributed by atoms with van der Waals surface area (Å²) in [6.45, 7) is 0. The fourth-order valence-electron chi connectivity index (χ4n) is 7.83. The van der Waals surface area contributed by atoms with Crippen molar-refractivity contribution in [1.82, 2.24) is 0 Å². The monoisotopic (exact) mass is 744 g/mol. The van der Waals surface area contributed by atoms with Crippen LogP contribution in [0.25, 0.3) is 44.5 Å². The van der Waals surface area contributed by atoms with Gasteiger partial charge in [0, 0.05) is 11.1 Å². The Balaban J connectivity index is 1.12. The zero-order valence-corrected chi connectivity index (χ0v) is 32.3. The molecule has 0 bridgehead atoms. The van der Waals surface area contributed by atoms with Gasteiger partial charge in [-0.05, 0) is 88.7 Å². The average Bonchev–Trinajstić information content (AvgIpc) is 3.80. The first-order valence-corrected chi connectivity index (χ1v) is 20.3. The molecule has 0 atom stereocenters. The third kappa shape index (κ3) is 7.62. The van der Waals surface area contributed by atoms with Crippen molar-refractivity contribution in [3.8, 4) is 22.3 Å².